The number of fused-ring (bicyclic) bond motifs is 1. The van der Waals surface area contributed by atoms with Crippen LogP contribution >= 0.6 is 0 Å². The van der Waals surface area contributed by atoms with Crippen molar-refractivity contribution in [1.29, 1.82) is 0 Å². The SMILES string of the molecule is COc1ccc(C2c3ccccc3CCN2C(=O)N(C)C)cc1. The molecule has 1 atom stereocenters. The van der Waals surface area contributed by atoms with E-state index in [2.05, 4.69) is 18.2 Å². The van der Waals surface area contributed by atoms with Gasteiger partial charge in [0.2, 0.25) is 0 Å². The third-order valence-corrected chi connectivity index (χ3v) is 4.34. The Labute approximate surface area is 137 Å². The van der Waals surface area contributed by atoms with E-state index in [0.29, 0.717) is 0 Å². The molecule has 0 aliphatic carbocycles. The van der Waals surface area contributed by atoms with Crippen LogP contribution in [0.1, 0.15) is 22.7 Å². The Kier molecular flexibility index (Phi) is 4.24. The molecule has 1 aliphatic heterocycles. The van der Waals surface area contributed by atoms with Gasteiger partial charge in [-0.3, -0.25) is 0 Å². The van der Waals surface area contributed by atoms with E-state index >= 15 is 0 Å². The van der Waals surface area contributed by atoms with Crippen LogP contribution in [0.5, 0.6) is 5.75 Å². The zero-order valence-corrected chi connectivity index (χ0v) is 13.8. The second-order valence-electron chi connectivity index (χ2n) is 5.99. The molecular weight excluding hydrogens is 288 g/mol. The molecule has 2 aromatic carbocycles. The number of nitrogens with zero attached hydrogens (tertiary/aromatic N) is 2. The van der Waals surface area contributed by atoms with Crippen LogP contribution in [0.15, 0.2) is 48.5 Å². The molecule has 0 N–H and O–H groups in total. The van der Waals surface area contributed by atoms with Crippen LogP contribution in [0.3, 0.4) is 0 Å². The van der Waals surface area contributed by atoms with Gasteiger partial charge in [0.25, 0.3) is 0 Å². The number of rotatable bonds is 2. The molecule has 4 heteroatoms. The third kappa shape index (κ3) is 2.89. The van der Waals surface area contributed by atoms with Crippen molar-refractivity contribution in [3.8, 4) is 5.75 Å². The third-order valence-electron chi connectivity index (χ3n) is 4.34. The summed E-state index contributed by atoms with van der Waals surface area (Å²) in [5.74, 6) is 0.823. The second kappa shape index (κ2) is 6.32. The molecule has 1 unspecified atom stereocenters. The first-order valence-corrected chi connectivity index (χ1v) is 7.81. The number of carbonyl (C=O) groups excluding carboxylic acids is 1. The van der Waals surface area contributed by atoms with E-state index in [1.807, 2.05) is 35.2 Å². The van der Waals surface area contributed by atoms with Crippen LogP contribution in [0.2, 0.25) is 0 Å². The second-order valence-corrected chi connectivity index (χ2v) is 5.99. The van der Waals surface area contributed by atoms with Gasteiger partial charge < -0.3 is 14.5 Å². The van der Waals surface area contributed by atoms with Crippen LogP contribution in [0.25, 0.3) is 0 Å². The van der Waals surface area contributed by atoms with E-state index in [4.69, 9.17) is 4.74 Å². The minimum atomic E-state index is -0.0549. The Balaban J connectivity index is 2.06. The Morgan fingerprint density at radius 1 is 1.13 bits per heavy atom. The Hall–Kier alpha value is -2.49. The minimum Gasteiger partial charge on any atom is -0.497 e. The van der Waals surface area contributed by atoms with Crippen LogP contribution in [0, 0.1) is 0 Å². The van der Waals surface area contributed by atoms with Gasteiger partial charge in [0.1, 0.15) is 5.75 Å². The highest BCUT2D eigenvalue weighted by atomic mass is 16.5. The van der Waals surface area contributed by atoms with Crippen molar-refractivity contribution >= 4 is 6.03 Å². The topological polar surface area (TPSA) is 32.8 Å². The maximum absolute atomic E-state index is 12.6. The molecule has 4 nitrogen and oxygen atoms in total. The van der Waals surface area contributed by atoms with E-state index in [0.717, 1.165) is 24.3 Å². The molecule has 0 radical (unpaired) electrons. The molecule has 120 valence electrons. The largest absolute Gasteiger partial charge is 0.497 e. The standard InChI is InChI=1S/C19H22N2O2/c1-20(2)19(22)21-13-12-14-6-4-5-7-17(14)18(21)15-8-10-16(23-3)11-9-15/h4-11,18H,12-13H2,1-3H3. The summed E-state index contributed by atoms with van der Waals surface area (Å²) < 4.78 is 5.25. The first-order valence-electron chi connectivity index (χ1n) is 7.81. The first-order chi connectivity index (χ1) is 11.1. The molecule has 23 heavy (non-hydrogen) atoms. The van der Waals surface area contributed by atoms with Crippen molar-refractivity contribution < 1.29 is 9.53 Å². The quantitative estimate of drug-likeness (QED) is 0.852. The van der Waals surface area contributed by atoms with Gasteiger partial charge in [-0.05, 0) is 35.2 Å². The van der Waals surface area contributed by atoms with Gasteiger partial charge in [-0.1, -0.05) is 36.4 Å². The highest BCUT2D eigenvalue weighted by Crippen LogP contribution is 2.36. The van der Waals surface area contributed by atoms with Crippen molar-refractivity contribution in [2.45, 2.75) is 12.5 Å². The van der Waals surface area contributed by atoms with Gasteiger partial charge in [-0.25, -0.2) is 4.79 Å². The van der Waals surface area contributed by atoms with E-state index < -0.39 is 0 Å². The van der Waals surface area contributed by atoms with Crippen molar-refractivity contribution in [3.05, 3.63) is 65.2 Å². The van der Waals surface area contributed by atoms with Crippen LogP contribution in [0.4, 0.5) is 4.79 Å². The number of hydrogen-bond donors (Lipinski definition) is 0. The lowest BCUT2D eigenvalue weighted by molar-refractivity contribution is 0.154. The highest BCUT2D eigenvalue weighted by molar-refractivity contribution is 5.75. The summed E-state index contributed by atoms with van der Waals surface area (Å²) >= 11 is 0. The minimum absolute atomic E-state index is 0.0420. The van der Waals surface area contributed by atoms with Crippen molar-refractivity contribution in [1.82, 2.24) is 9.80 Å². The molecule has 0 saturated carbocycles. The van der Waals surface area contributed by atoms with E-state index in [1.54, 1.807) is 26.1 Å². The summed E-state index contributed by atoms with van der Waals surface area (Å²) in [6.07, 6.45) is 0.891. The fourth-order valence-corrected chi connectivity index (χ4v) is 3.18. The summed E-state index contributed by atoms with van der Waals surface area (Å²) in [6.45, 7) is 0.727. The number of amides is 2. The number of methoxy groups -OCH3 is 1. The van der Waals surface area contributed by atoms with Gasteiger partial charge in [0, 0.05) is 20.6 Å². The van der Waals surface area contributed by atoms with Gasteiger partial charge in [0.05, 0.1) is 13.2 Å². The Morgan fingerprint density at radius 3 is 2.48 bits per heavy atom. The van der Waals surface area contributed by atoms with Crippen molar-refractivity contribution in [2.24, 2.45) is 0 Å². The van der Waals surface area contributed by atoms with Crippen molar-refractivity contribution in [2.75, 3.05) is 27.7 Å². The van der Waals surface area contributed by atoms with Gasteiger partial charge in [-0.15, -0.1) is 0 Å². The lowest BCUT2D eigenvalue weighted by Gasteiger charge is -2.39. The van der Waals surface area contributed by atoms with E-state index in [9.17, 15) is 4.79 Å². The van der Waals surface area contributed by atoms with Crippen LogP contribution in [-0.2, 0) is 6.42 Å². The number of ether oxygens (including phenoxy) is 1. The molecular formula is C19H22N2O2. The van der Waals surface area contributed by atoms with Crippen LogP contribution in [-0.4, -0.2) is 43.6 Å². The molecule has 2 aromatic rings. The molecule has 3 rings (SSSR count). The Bertz CT molecular complexity index is 695. The predicted molar refractivity (Wildman–Crippen MR) is 90.8 cm³/mol. The van der Waals surface area contributed by atoms with E-state index in [-0.39, 0.29) is 12.1 Å². The van der Waals surface area contributed by atoms with Gasteiger partial charge >= 0.3 is 6.03 Å². The van der Waals surface area contributed by atoms with E-state index in [1.165, 1.54) is 11.1 Å². The van der Waals surface area contributed by atoms with Gasteiger partial charge in [0.15, 0.2) is 0 Å². The molecule has 0 bridgehead atoms. The fourth-order valence-electron chi connectivity index (χ4n) is 3.18. The number of hydrogen-bond acceptors (Lipinski definition) is 2. The lowest BCUT2D eigenvalue weighted by Crippen LogP contribution is -2.45. The molecule has 0 aromatic heterocycles. The average molecular weight is 310 g/mol. The summed E-state index contributed by atoms with van der Waals surface area (Å²) in [4.78, 5) is 16.2. The average Bonchev–Trinajstić information content (AvgIpc) is 2.60. The number of carbonyl (C=O) groups is 1. The normalized spacial score (nSPS) is 16.7. The fraction of sp³-hybridized carbons (Fsp3) is 0.316. The molecule has 0 spiro atoms. The zero-order chi connectivity index (χ0) is 16.4. The summed E-state index contributed by atoms with van der Waals surface area (Å²) in [5, 5.41) is 0. The number of urea groups is 1. The molecule has 1 aliphatic rings. The molecule has 0 fully saturated rings. The van der Waals surface area contributed by atoms with Crippen molar-refractivity contribution in [3.63, 3.8) is 0 Å². The molecule has 1 heterocycles. The number of benzene rings is 2. The lowest BCUT2D eigenvalue weighted by atomic mass is 9.88. The maximum atomic E-state index is 12.6. The van der Waals surface area contributed by atoms with Gasteiger partial charge in [-0.2, -0.15) is 0 Å². The summed E-state index contributed by atoms with van der Waals surface area (Å²) in [6, 6.07) is 16.4. The molecule has 2 amide bonds. The maximum Gasteiger partial charge on any atom is 0.320 e. The smallest absolute Gasteiger partial charge is 0.320 e. The summed E-state index contributed by atoms with van der Waals surface area (Å²) in [5.41, 5.74) is 3.63. The van der Waals surface area contributed by atoms with Crippen LogP contribution < -0.4 is 4.74 Å². The Morgan fingerprint density at radius 2 is 1.83 bits per heavy atom. The predicted octanol–water partition coefficient (Wildman–Crippen LogP) is 3.32. The highest BCUT2D eigenvalue weighted by Gasteiger charge is 2.32. The first kappa shape index (κ1) is 15.4. The summed E-state index contributed by atoms with van der Waals surface area (Å²) in [7, 11) is 5.26. The monoisotopic (exact) mass is 310 g/mol. The zero-order valence-electron chi connectivity index (χ0n) is 13.8. The molecule has 0 saturated heterocycles.